The molecule has 0 aliphatic rings. The van der Waals surface area contributed by atoms with E-state index >= 15 is 0 Å². The maximum Gasteiger partial charge on any atom is 0.199 e. The molecule has 0 N–H and O–H groups in total. The van der Waals surface area contributed by atoms with E-state index in [0.29, 0.717) is 26.9 Å². The van der Waals surface area contributed by atoms with Gasteiger partial charge in [-0.05, 0) is 31.2 Å². The van der Waals surface area contributed by atoms with E-state index < -0.39 is 0 Å². The summed E-state index contributed by atoms with van der Waals surface area (Å²) >= 11 is 12.1. The molecule has 0 saturated carbocycles. The lowest BCUT2D eigenvalue weighted by Gasteiger charge is -2.10. The Hall–Kier alpha value is -1.51. The topological polar surface area (TPSA) is 26.3 Å². The number of ether oxygens (including phenoxy) is 1. The van der Waals surface area contributed by atoms with Gasteiger partial charge in [-0.1, -0.05) is 40.9 Å². The lowest BCUT2D eigenvalue weighted by atomic mass is 10.0. The lowest BCUT2D eigenvalue weighted by Crippen LogP contribution is -2.06. The molecule has 0 saturated heterocycles. The monoisotopic (exact) mass is 294 g/mol. The number of carbonyl (C=O) groups excluding carboxylic acids is 1. The molecule has 0 aromatic heterocycles. The zero-order valence-electron chi connectivity index (χ0n) is 10.5. The Morgan fingerprint density at radius 1 is 1.11 bits per heavy atom. The van der Waals surface area contributed by atoms with E-state index in [1.54, 1.807) is 30.3 Å². The van der Waals surface area contributed by atoms with Gasteiger partial charge in [-0.3, -0.25) is 4.79 Å². The van der Waals surface area contributed by atoms with Gasteiger partial charge in [-0.25, -0.2) is 0 Å². The molecule has 98 valence electrons. The molecular formula is C15H12Cl2O2. The molecule has 2 aromatic carbocycles. The summed E-state index contributed by atoms with van der Waals surface area (Å²) in [6.07, 6.45) is 0. The van der Waals surface area contributed by atoms with Crippen LogP contribution >= 0.6 is 23.2 Å². The first-order chi connectivity index (χ1) is 9.04. The second kappa shape index (κ2) is 5.64. The lowest BCUT2D eigenvalue weighted by molar-refractivity contribution is 0.103. The summed E-state index contributed by atoms with van der Waals surface area (Å²) in [5, 5.41) is 0.669. The molecule has 19 heavy (non-hydrogen) atoms. The van der Waals surface area contributed by atoms with E-state index in [-0.39, 0.29) is 5.78 Å². The van der Waals surface area contributed by atoms with Crippen LogP contribution in [-0.4, -0.2) is 12.9 Å². The zero-order valence-corrected chi connectivity index (χ0v) is 12.0. The maximum absolute atomic E-state index is 12.6. The summed E-state index contributed by atoms with van der Waals surface area (Å²) < 4.78 is 5.22. The molecular weight excluding hydrogens is 283 g/mol. The van der Waals surface area contributed by atoms with Crippen LogP contribution < -0.4 is 4.74 Å². The number of rotatable bonds is 3. The molecule has 0 radical (unpaired) electrons. The van der Waals surface area contributed by atoms with Crippen molar-refractivity contribution in [3.8, 4) is 5.75 Å². The van der Waals surface area contributed by atoms with Crippen molar-refractivity contribution in [2.24, 2.45) is 0 Å². The molecule has 0 amide bonds. The molecule has 0 aliphatic heterocycles. The Morgan fingerprint density at radius 3 is 2.32 bits per heavy atom. The van der Waals surface area contributed by atoms with E-state index in [1.165, 1.54) is 7.11 Å². The van der Waals surface area contributed by atoms with Crippen LogP contribution in [-0.2, 0) is 0 Å². The number of hydrogen-bond donors (Lipinski definition) is 0. The number of benzene rings is 2. The van der Waals surface area contributed by atoms with Crippen molar-refractivity contribution in [3.05, 3.63) is 63.1 Å². The fraction of sp³-hybridized carbons (Fsp3) is 0.133. The fourth-order valence-corrected chi connectivity index (χ4v) is 2.42. The van der Waals surface area contributed by atoms with Crippen molar-refractivity contribution in [1.82, 2.24) is 0 Å². The average Bonchev–Trinajstić information content (AvgIpc) is 2.38. The van der Waals surface area contributed by atoms with Gasteiger partial charge in [0.1, 0.15) is 5.75 Å². The summed E-state index contributed by atoms with van der Waals surface area (Å²) in [4.78, 5) is 12.6. The predicted molar refractivity (Wildman–Crippen MR) is 77.6 cm³/mol. The normalized spacial score (nSPS) is 10.3. The van der Waals surface area contributed by atoms with Crippen molar-refractivity contribution in [2.45, 2.75) is 6.92 Å². The Balaban J connectivity index is 2.59. The van der Waals surface area contributed by atoms with Gasteiger partial charge in [0.05, 0.1) is 28.3 Å². The molecule has 4 heteroatoms. The number of aryl methyl sites for hydroxylation is 1. The van der Waals surface area contributed by atoms with E-state index in [0.717, 1.165) is 5.56 Å². The fourth-order valence-electron chi connectivity index (χ4n) is 1.85. The van der Waals surface area contributed by atoms with Crippen LogP contribution in [0.5, 0.6) is 5.75 Å². The van der Waals surface area contributed by atoms with Crippen LogP contribution in [0.25, 0.3) is 0 Å². The quantitative estimate of drug-likeness (QED) is 0.777. The number of carbonyl (C=O) groups is 1. The molecule has 2 aromatic rings. The minimum absolute atomic E-state index is 0.240. The molecule has 0 unspecified atom stereocenters. The highest BCUT2D eigenvalue weighted by Gasteiger charge is 2.20. The van der Waals surface area contributed by atoms with Gasteiger partial charge in [-0.15, -0.1) is 0 Å². The predicted octanol–water partition coefficient (Wildman–Crippen LogP) is 4.54. The molecule has 0 aliphatic carbocycles. The third-order valence-electron chi connectivity index (χ3n) is 2.79. The highest BCUT2D eigenvalue weighted by atomic mass is 35.5. The zero-order chi connectivity index (χ0) is 14.0. The third kappa shape index (κ3) is 2.75. The summed E-state index contributed by atoms with van der Waals surface area (Å²) in [5.74, 6) is 0.266. The van der Waals surface area contributed by atoms with Crippen molar-refractivity contribution >= 4 is 29.0 Å². The van der Waals surface area contributed by atoms with Crippen molar-refractivity contribution < 1.29 is 9.53 Å². The molecule has 2 rings (SSSR count). The van der Waals surface area contributed by atoms with Crippen molar-refractivity contribution in [1.29, 1.82) is 0 Å². The summed E-state index contributed by atoms with van der Waals surface area (Å²) in [5.41, 5.74) is 1.72. The Labute approximate surface area is 121 Å². The maximum atomic E-state index is 12.6. The highest BCUT2D eigenvalue weighted by Crippen LogP contribution is 2.30. The number of methoxy groups -OCH3 is 1. The van der Waals surface area contributed by atoms with Crippen LogP contribution in [0.4, 0.5) is 0 Å². The summed E-state index contributed by atoms with van der Waals surface area (Å²) in [7, 11) is 1.52. The van der Waals surface area contributed by atoms with Gasteiger partial charge in [0.15, 0.2) is 5.78 Å². The third-order valence-corrected chi connectivity index (χ3v) is 3.42. The summed E-state index contributed by atoms with van der Waals surface area (Å²) in [6, 6.07) is 10.4. The van der Waals surface area contributed by atoms with Crippen LogP contribution in [0.3, 0.4) is 0 Å². The van der Waals surface area contributed by atoms with Gasteiger partial charge in [0.2, 0.25) is 0 Å². The van der Waals surface area contributed by atoms with Gasteiger partial charge < -0.3 is 4.74 Å². The Morgan fingerprint density at radius 2 is 1.74 bits per heavy atom. The molecule has 0 atom stereocenters. The average molecular weight is 295 g/mol. The number of ketones is 1. The minimum atomic E-state index is -0.240. The largest absolute Gasteiger partial charge is 0.496 e. The Bertz CT molecular complexity index is 616. The van der Waals surface area contributed by atoms with Crippen LogP contribution in [0.15, 0.2) is 36.4 Å². The van der Waals surface area contributed by atoms with Gasteiger partial charge in [0, 0.05) is 0 Å². The SMILES string of the molecule is COc1ccc(C)cc1C(=O)c1c(Cl)cccc1Cl. The van der Waals surface area contributed by atoms with E-state index in [9.17, 15) is 4.79 Å². The van der Waals surface area contributed by atoms with Crippen LogP contribution in [0, 0.1) is 6.92 Å². The highest BCUT2D eigenvalue weighted by molar-refractivity contribution is 6.41. The molecule has 0 bridgehead atoms. The summed E-state index contributed by atoms with van der Waals surface area (Å²) in [6.45, 7) is 1.91. The standard InChI is InChI=1S/C15H12Cl2O2/c1-9-6-7-13(19-2)10(8-9)15(18)14-11(16)4-3-5-12(14)17/h3-8H,1-2H3. The Kier molecular flexibility index (Phi) is 4.13. The molecule has 0 fully saturated rings. The first-order valence-corrected chi connectivity index (χ1v) is 6.43. The second-order valence-electron chi connectivity index (χ2n) is 4.13. The number of halogens is 2. The van der Waals surface area contributed by atoms with Crippen molar-refractivity contribution in [3.63, 3.8) is 0 Å². The van der Waals surface area contributed by atoms with Gasteiger partial charge in [-0.2, -0.15) is 0 Å². The first kappa shape index (κ1) is 13.9. The first-order valence-electron chi connectivity index (χ1n) is 5.68. The minimum Gasteiger partial charge on any atom is -0.496 e. The molecule has 0 spiro atoms. The number of hydrogen-bond acceptors (Lipinski definition) is 2. The molecule has 0 heterocycles. The van der Waals surface area contributed by atoms with E-state index in [1.807, 2.05) is 13.0 Å². The van der Waals surface area contributed by atoms with Gasteiger partial charge in [0.25, 0.3) is 0 Å². The van der Waals surface area contributed by atoms with E-state index in [4.69, 9.17) is 27.9 Å². The van der Waals surface area contributed by atoms with Crippen molar-refractivity contribution in [2.75, 3.05) is 7.11 Å². The van der Waals surface area contributed by atoms with Crippen LogP contribution in [0.2, 0.25) is 10.0 Å². The molecule has 2 nitrogen and oxygen atoms in total. The van der Waals surface area contributed by atoms with E-state index in [2.05, 4.69) is 0 Å². The second-order valence-corrected chi connectivity index (χ2v) is 4.94. The van der Waals surface area contributed by atoms with Gasteiger partial charge >= 0.3 is 0 Å². The van der Waals surface area contributed by atoms with Crippen LogP contribution in [0.1, 0.15) is 21.5 Å². The smallest absolute Gasteiger partial charge is 0.199 e.